The van der Waals surface area contributed by atoms with Crippen LogP contribution in [0.5, 0.6) is 0 Å². The van der Waals surface area contributed by atoms with Crippen molar-refractivity contribution in [2.45, 2.75) is 18.9 Å². The number of carbonyl (C=O) groups is 1. The van der Waals surface area contributed by atoms with Gasteiger partial charge in [-0.2, -0.15) is 0 Å². The zero-order chi connectivity index (χ0) is 13.1. The van der Waals surface area contributed by atoms with Crippen LogP contribution in [0.25, 0.3) is 0 Å². The van der Waals surface area contributed by atoms with E-state index in [2.05, 4.69) is 15.9 Å². The lowest BCUT2D eigenvalue weighted by molar-refractivity contribution is 0.0680. The van der Waals surface area contributed by atoms with Crippen molar-refractivity contribution in [3.63, 3.8) is 0 Å². The van der Waals surface area contributed by atoms with Gasteiger partial charge < -0.3 is 9.64 Å². The van der Waals surface area contributed by atoms with Gasteiger partial charge in [0.25, 0.3) is 5.91 Å². The van der Waals surface area contributed by atoms with Crippen LogP contribution in [-0.4, -0.2) is 37.1 Å². The van der Waals surface area contributed by atoms with E-state index in [0.717, 1.165) is 12.8 Å². The van der Waals surface area contributed by atoms with Crippen molar-refractivity contribution in [1.82, 2.24) is 4.90 Å². The Labute approximate surface area is 114 Å². The molecule has 0 N–H and O–H groups in total. The summed E-state index contributed by atoms with van der Waals surface area (Å²) < 4.78 is 18.5. The smallest absolute Gasteiger partial charge is 0.254 e. The van der Waals surface area contributed by atoms with Gasteiger partial charge in [-0.25, -0.2) is 4.39 Å². The zero-order valence-electron chi connectivity index (χ0n) is 10.2. The highest BCUT2D eigenvalue weighted by atomic mass is 79.9. The van der Waals surface area contributed by atoms with E-state index in [9.17, 15) is 9.18 Å². The SMILES string of the molecule is COCCN(C(=O)c1ccc(F)c(Br)c1)C1CC1. The van der Waals surface area contributed by atoms with Crippen LogP contribution in [0.1, 0.15) is 23.2 Å². The minimum absolute atomic E-state index is 0.0600. The Morgan fingerprint density at radius 3 is 2.83 bits per heavy atom. The van der Waals surface area contributed by atoms with Crippen molar-refractivity contribution in [3.05, 3.63) is 34.1 Å². The van der Waals surface area contributed by atoms with E-state index in [4.69, 9.17) is 4.74 Å². The molecule has 1 aromatic carbocycles. The van der Waals surface area contributed by atoms with Crippen molar-refractivity contribution < 1.29 is 13.9 Å². The average Bonchev–Trinajstić information content (AvgIpc) is 3.17. The molecule has 1 fully saturated rings. The van der Waals surface area contributed by atoms with Crippen molar-refractivity contribution in [2.24, 2.45) is 0 Å². The van der Waals surface area contributed by atoms with E-state index in [-0.39, 0.29) is 11.7 Å². The van der Waals surface area contributed by atoms with E-state index in [1.165, 1.54) is 18.2 Å². The number of benzene rings is 1. The standard InChI is InChI=1S/C13H15BrFNO2/c1-18-7-6-16(10-3-4-10)13(17)9-2-5-12(15)11(14)8-9/h2,5,8,10H,3-4,6-7H2,1H3. The molecular formula is C13H15BrFNO2. The lowest BCUT2D eigenvalue weighted by Gasteiger charge is -2.22. The van der Waals surface area contributed by atoms with E-state index in [1.54, 1.807) is 7.11 Å². The number of carbonyl (C=O) groups excluding carboxylic acids is 1. The molecule has 0 spiro atoms. The first-order chi connectivity index (χ1) is 8.63. The van der Waals surface area contributed by atoms with Crippen LogP contribution in [0.4, 0.5) is 4.39 Å². The zero-order valence-corrected chi connectivity index (χ0v) is 11.7. The molecule has 0 bridgehead atoms. The summed E-state index contributed by atoms with van der Waals surface area (Å²) in [4.78, 5) is 14.1. The molecule has 0 radical (unpaired) electrons. The highest BCUT2D eigenvalue weighted by Crippen LogP contribution is 2.28. The molecule has 0 saturated heterocycles. The Morgan fingerprint density at radius 2 is 2.28 bits per heavy atom. The van der Waals surface area contributed by atoms with Gasteiger partial charge in [0.1, 0.15) is 5.82 Å². The summed E-state index contributed by atoms with van der Waals surface area (Å²) in [6, 6.07) is 4.67. The third-order valence-corrected chi connectivity index (χ3v) is 3.56. The van der Waals surface area contributed by atoms with E-state index in [1.807, 2.05) is 4.90 Å². The normalized spacial score (nSPS) is 14.6. The van der Waals surface area contributed by atoms with Crippen molar-refractivity contribution in [3.8, 4) is 0 Å². The minimum atomic E-state index is -0.360. The fourth-order valence-electron chi connectivity index (χ4n) is 1.82. The van der Waals surface area contributed by atoms with Gasteiger partial charge in [0.15, 0.2) is 0 Å². The summed E-state index contributed by atoms with van der Waals surface area (Å²) >= 11 is 3.10. The Morgan fingerprint density at radius 1 is 1.56 bits per heavy atom. The second-order valence-electron chi connectivity index (χ2n) is 4.35. The van der Waals surface area contributed by atoms with E-state index < -0.39 is 0 Å². The van der Waals surface area contributed by atoms with Gasteiger partial charge >= 0.3 is 0 Å². The van der Waals surface area contributed by atoms with Crippen LogP contribution in [0.15, 0.2) is 22.7 Å². The van der Waals surface area contributed by atoms with Gasteiger partial charge in [0.2, 0.25) is 0 Å². The number of hydrogen-bond donors (Lipinski definition) is 0. The lowest BCUT2D eigenvalue weighted by atomic mass is 10.2. The Balaban J connectivity index is 2.13. The second-order valence-corrected chi connectivity index (χ2v) is 5.21. The molecular weight excluding hydrogens is 301 g/mol. The summed E-state index contributed by atoms with van der Waals surface area (Å²) in [6.45, 7) is 1.10. The van der Waals surface area contributed by atoms with Crippen LogP contribution in [-0.2, 0) is 4.74 Å². The molecule has 0 unspecified atom stereocenters. The Kier molecular flexibility index (Phi) is 4.35. The highest BCUT2D eigenvalue weighted by molar-refractivity contribution is 9.10. The van der Waals surface area contributed by atoms with Gasteiger partial charge in [-0.15, -0.1) is 0 Å². The first-order valence-electron chi connectivity index (χ1n) is 5.88. The predicted molar refractivity (Wildman–Crippen MR) is 70.0 cm³/mol. The molecule has 1 saturated carbocycles. The number of halogens is 2. The van der Waals surface area contributed by atoms with Gasteiger partial charge in [0, 0.05) is 25.3 Å². The van der Waals surface area contributed by atoms with Crippen molar-refractivity contribution >= 4 is 21.8 Å². The summed E-state index contributed by atoms with van der Waals surface area (Å²) in [7, 11) is 1.62. The molecule has 0 aromatic heterocycles. The molecule has 0 heterocycles. The fraction of sp³-hybridized carbons (Fsp3) is 0.462. The number of rotatable bonds is 5. The molecule has 0 atom stereocenters. The molecule has 1 aliphatic rings. The fourth-order valence-corrected chi connectivity index (χ4v) is 2.20. The van der Waals surface area contributed by atoms with Crippen molar-refractivity contribution in [2.75, 3.05) is 20.3 Å². The predicted octanol–water partition coefficient (Wildman–Crippen LogP) is 2.84. The Bertz CT molecular complexity index is 449. The third kappa shape index (κ3) is 3.09. The molecule has 1 aromatic rings. The summed E-state index contributed by atoms with van der Waals surface area (Å²) in [5.41, 5.74) is 0.506. The van der Waals surface area contributed by atoms with E-state index >= 15 is 0 Å². The second kappa shape index (κ2) is 5.80. The molecule has 0 aliphatic heterocycles. The number of hydrogen-bond acceptors (Lipinski definition) is 2. The van der Waals surface area contributed by atoms with E-state index in [0.29, 0.717) is 29.2 Å². The number of amides is 1. The largest absolute Gasteiger partial charge is 0.383 e. The molecule has 1 aliphatic carbocycles. The first kappa shape index (κ1) is 13.5. The quantitative estimate of drug-likeness (QED) is 0.836. The first-order valence-corrected chi connectivity index (χ1v) is 6.67. The molecule has 18 heavy (non-hydrogen) atoms. The maximum atomic E-state index is 13.1. The van der Waals surface area contributed by atoms with Gasteiger partial charge in [0.05, 0.1) is 11.1 Å². The molecule has 5 heteroatoms. The molecule has 1 amide bonds. The monoisotopic (exact) mass is 315 g/mol. The molecule has 3 nitrogen and oxygen atoms in total. The topological polar surface area (TPSA) is 29.5 Å². The number of methoxy groups -OCH3 is 1. The number of ether oxygens (including phenoxy) is 1. The van der Waals surface area contributed by atoms with Gasteiger partial charge in [-0.3, -0.25) is 4.79 Å². The average molecular weight is 316 g/mol. The van der Waals surface area contributed by atoms with Crippen LogP contribution < -0.4 is 0 Å². The van der Waals surface area contributed by atoms with Crippen LogP contribution in [0, 0.1) is 5.82 Å². The van der Waals surface area contributed by atoms with Crippen LogP contribution >= 0.6 is 15.9 Å². The van der Waals surface area contributed by atoms with Gasteiger partial charge in [-0.05, 0) is 47.0 Å². The maximum absolute atomic E-state index is 13.1. The summed E-state index contributed by atoms with van der Waals surface area (Å²) in [5, 5.41) is 0. The maximum Gasteiger partial charge on any atom is 0.254 e. The van der Waals surface area contributed by atoms with Crippen LogP contribution in [0.3, 0.4) is 0 Å². The summed E-state index contributed by atoms with van der Waals surface area (Å²) in [6.07, 6.45) is 2.08. The molecule has 98 valence electrons. The van der Waals surface area contributed by atoms with Crippen LogP contribution in [0.2, 0.25) is 0 Å². The van der Waals surface area contributed by atoms with Gasteiger partial charge in [-0.1, -0.05) is 0 Å². The Hall–Kier alpha value is -0.940. The number of nitrogens with zero attached hydrogens (tertiary/aromatic N) is 1. The minimum Gasteiger partial charge on any atom is -0.383 e. The highest BCUT2D eigenvalue weighted by Gasteiger charge is 2.32. The van der Waals surface area contributed by atoms with Crippen molar-refractivity contribution in [1.29, 1.82) is 0 Å². The third-order valence-electron chi connectivity index (χ3n) is 2.95. The summed E-state index contributed by atoms with van der Waals surface area (Å²) in [5.74, 6) is -0.420. The molecule has 2 rings (SSSR count). The lowest BCUT2D eigenvalue weighted by Crippen LogP contribution is -2.35.